The molecule has 0 amide bonds. The molecule has 2 rings (SSSR count). The third kappa shape index (κ3) is 2.57. The Morgan fingerprint density at radius 1 is 1.44 bits per heavy atom. The summed E-state index contributed by atoms with van der Waals surface area (Å²) in [7, 11) is 0. The van der Waals surface area contributed by atoms with E-state index in [1.54, 1.807) is 0 Å². The van der Waals surface area contributed by atoms with Crippen LogP contribution in [0.2, 0.25) is 0 Å². The van der Waals surface area contributed by atoms with Gasteiger partial charge in [0.05, 0.1) is 12.2 Å². The van der Waals surface area contributed by atoms with Crippen molar-refractivity contribution >= 4 is 5.97 Å². The number of ether oxygens (including phenoxy) is 1. The van der Waals surface area contributed by atoms with E-state index in [0.717, 1.165) is 25.0 Å². The standard InChI is InChI=1S/C13H21NO2/c1-2-16-13(15)11-6-5-9-14(10-11)12-7-3-4-8-12/h10,12H,2-9H2,1H3. The maximum absolute atomic E-state index is 11.6. The van der Waals surface area contributed by atoms with Gasteiger partial charge in [-0.15, -0.1) is 0 Å². The minimum atomic E-state index is -0.120. The highest BCUT2D eigenvalue weighted by Gasteiger charge is 2.24. The minimum Gasteiger partial charge on any atom is -0.463 e. The number of nitrogens with zero attached hydrogens (tertiary/aromatic N) is 1. The molecule has 0 radical (unpaired) electrons. The normalized spacial score (nSPS) is 22.1. The zero-order valence-electron chi connectivity index (χ0n) is 10.1. The number of rotatable bonds is 3. The van der Waals surface area contributed by atoms with Gasteiger partial charge in [-0.3, -0.25) is 0 Å². The fraction of sp³-hybridized carbons (Fsp3) is 0.769. The molecular formula is C13H21NO2. The van der Waals surface area contributed by atoms with Crippen LogP contribution < -0.4 is 0 Å². The largest absolute Gasteiger partial charge is 0.463 e. The Morgan fingerprint density at radius 2 is 2.19 bits per heavy atom. The van der Waals surface area contributed by atoms with E-state index in [-0.39, 0.29) is 5.97 Å². The predicted molar refractivity (Wildman–Crippen MR) is 62.9 cm³/mol. The van der Waals surface area contributed by atoms with E-state index in [1.807, 2.05) is 6.92 Å². The Hall–Kier alpha value is -0.990. The summed E-state index contributed by atoms with van der Waals surface area (Å²) in [5.41, 5.74) is 0.861. The van der Waals surface area contributed by atoms with Crippen molar-refractivity contribution in [1.29, 1.82) is 0 Å². The highest BCUT2D eigenvalue weighted by atomic mass is 16.5. The highest BCUT2D eigenvalue weighted by Crippen LogP contribution is 2.27. The Labute approximate surface area is 97.5 Å². The average molecular weight is 223 g/mol. The summed E-state index contributed by atoms with van der Waals surface area (Å²) in [6, 6.07) is 0.671. The number of esters is 1. The Balaban J connectivity index is 1.99. The summed E-state index contributed by atoms with van der Waals surface area (Å²) >= 11 is 0. The number of carbonyl (C=O) groups excluding carboxylic acids is 1. The maximum Gasteiger partial charge on any atom is 0.335 e. The second-order valence-corrected chi connectivity index (χ2v) is 4.65. The third-order valence-electron chi connectivity index (χ3n) is 3.52. The van der Waals surface area contributed by atoms with Gasteiger partial charge in [-0.05, 0) is 32.6 Å². The number of hydrogen-bond acceptors (Lipinski definition) is 3. The van der Waals surface area contributed by atoms with Gasteiger partial charge in [0.15, 0.2) is 0 Å². The van der Waals surface area contributed by atoms with E-state index in [1.165, 1.54) is 25.7 Å². The molecule has 90 valence electrons. The van der Waals surface area contributed by atoms with Crippen LogP contribution in [-0.2, 0) is 9.53 Å². The van der Waals surface area contributed by atoms with Gasteiger partial charge in [0.2, 0.25) is 0 Å². The van der Waals surface area contributed by atoms with Crippen molar-refractivity contribution in [3.8, 4) is 0 Å². The second-order valence-electron chi connectivity index (χ2n) is 4.65. The van der Waals surface area contributed by atoms with Crippen molar-refractivity contribution in [3.05, 3.63) is 11.8 Å². The van der Waals surface area contributed by atoms with Crippen molar-refractivity contribution in [1.82, 2.24) is 4.90 Å². The summed E-state index contributed by atoms with van der Waals surface area (Å²) in [5, 5.41) is 0. The molecule has 0 aromatic rings. The summed E-state index contributed by atoms with van der Waals surface area (Å²) < 4.78 is 5.06. The van der Waals surface area contributed by atoms with E-state index in [9.17, 15) is 4.79 Å². The van der Waals surface area contributed by atoms with Crippen LogP contribution >= 0.6 is 0 Å². The topological polar surface area (TPSA) is 29.5 Å². The first-order valence-corrected chi connectivity index (χ1v) is 6.45. The van der Waals surface area contributed by atoms with Gasteiger partial charge in [0.25, 0.3) is 0 Å². The molecule has 0 aromatic heterocycles. The molecule has 1 heterocycles. The van der Waals surface area contributed by atoms with Crippen LogP contribution in [0, 0.1) is 0 Å². The number of carbonyl (C=O) groups is 1. The van der Waals surface area contributed by atoms with Gasteiger partial charge in [0, 0.05) is 18.8 Å². The molecule has 1 aliphatic carbocycles. The minimum absolute atomic E-state index is 0.120. The van der Waals surface area contributed by atoms with Crippen molar-refractivity contribution in [2.45, 2.75) is 51.5 Å². The second kappa shape index (κ2) is 5.37. The molecule has 2 aliphatic rings. The molecule has 1 saturated carbocycles. The lowest BCUT2D eigenvalue weighted by molar-refractivity contribution is -0.138. The molecule has 1 aliphatic heterocycles. The van der Waals surface area contributed by atoms with Gasteiger partial charge >= 0.3 is 5.97 Å². The summed E-state index contributed by atoms with van der Waals surface area (Å²) in [5.74, 6) is -0.120. The molecule has 1 fully saturated rings. The van der Waals surface area contributed by atoms with E-state index >= 15 is 0 Å². The molecule has 0 unspecified atom stereocenters. The van der Waals surface area contributed by atoms with E-state index in [2.05, 4.69) is 11.1 Å². The third-order valence-corrected chi connectivity index (χ3v) is 3.52. The maximum atomic E-state index is 11.6. The van der Waals surface area contributed by atoms with Gasteiger partial charge in [0.1, 0.15) is 0 Å². The lowest BCUT2D eigenvalue weighted by atomic mass is 10.1. The van der Waals surface area contributed by atoms with Gasteiger partial charge in [-0.2, -0.15) is 0 Å². The SMILES string of the molecule is CCOC(=O)C1=CN(C2CCCC2)CCC1. The van der Waals surface area contributed by atoms with Crippen molar-refractivity contribution in [3.63, 3.8) is 0 Å². The fourth-order valence-corrected chi connectivity index (χ4v) is 2.68. The highest BCUT2D eigenvalue weighted by molar-refractivity contribution is 5.88. The molecule has 0 saturated heterocycles. The molecule has 0 spiro atoms. The fourth-order valence-electron chi connectivity index (χ4n) is 2.68. The molecular weight excluding hydrogens is 202 g/mol. The van der Waals surface area contributed by atoms with Crippen LogP contribution in [0.15, 0.2) is 11.8 Å². The zero-order valence-corrected chi connectivity index (χ0v) is 10.1. The monoisotopic (exact) mass is 223 g/mol. The number of hydrogen-bond donors (Lipinski definition) is 0. The Morgan fingerprint density at radius 3 is 2.88 bits per heavy atom. The molecule has 0 aromatic carbocycles. The van der Waals surface area contributed by atoms with Crippen molar-refractivity contribution in [2.24, 2.45) is 0 Å². The van der Waals surface area contributed by atoms with Gasteiger partial charge in [-0.1, -0.05) is 12.8 Å². The quantitative estimate of drug-likeness (QED) is 0.688. The summed E-state index contributed by atoms with van der Waals surface area (Å²) in [4.78, 5) is 14.0. The van der Waals surface area contributed by atoms with Crippen LogP contribution in [0.25, 0.3) is 0 Å². The van der Waals surface area contributed by atoms with Crippen LogP contribution in [0.1, 0.15) is 45.4 Å². The van der Waals surface area contributed by atoms with E-state index in [4.69, 9.17) is 4.74 Å². The first-order chi connectivity index (χ1) is 7.81. The molecule has 0 N–H and O–H groups in total. The smallest absolute Gasteiger partial charge is 0.335 e. The van der Waals surface area contributed by atoms with Crippen LogP contribution in [0.5, 0.6) is 0 Å². The molecule has 0 bridgehead atoms. The zero-order chi connectivity index (χ0) is 11.4. The van der Waals surface area contributed by atoms with E-state index < -0.39 is 0 Å². The Bertz CT molecular complexity index is 280. The van der Waals surface area contributed by atoms with Crippen LogP contribution in [0.3, 0.4) is 0 Å². The Kier molecular flexibility index (Phi) is 3.86. The van der Waals surface area contributed by atoms with Crippen LogP contribution in [-0.4, -0.2) is 30.1 Å². The van der Waals surface area contributed by atoms with Gasteiger partial charge < -0.3 is 9.64 Å². The molecule has 3 nitrogen and oxygen atoms in total. The molecule has 0 atom stereocenters. The average Bonchev–Trinajstić information content (AvgIpc) is 2.83. The summed E-state index contributed by atoms with van der Waals surface area (Å²) in [6.07, 6.45) is 9.26. The first-order valence-electron chi connectivity index (χ1n) is 6.45. The summed E-state index contributed by atoms with van der Waals surface area (Å²) in [6.45, 7) is 3.43. The first kappa shape index (κ1) is 11.5. The lowest BCUT2D eigenvalue weighted by Crippen LogP contribution is -2.33. The van der Waals surface area contributed by atoms with Crippen molar-refractivity contribution < 1.29 is 9.53 Å². The lowest BCUT2D eigenvalue weighted by Gasteiger charge is -2.31. The molecule has 16 heavy (non-hydrogen) atoms. The van der Waals surface area contributed by atoms with Crippen LogP contribution in [0.4, 0.5) is 0 Å². The predicted octanol–water partition coefficient (Wildman–Crippen LogP) is 2.47. The molecule has 3 heteroatoms. The van der Waals surface area contributed by atoms with Crippen molar-refractivity contribution in [2.75, 3.05) is 13.2 Å². The van der Waals surface area contributed by atoms with E-state index in [0.29, 0.717) is 12.6 Å². The van der Waals surface area contributed by atoms with Gasteiger partial charge in [-0.25, -0.2) is 4.79 Å².